The van der Waals surface area contributed by atoms with E-state index in [1.54, 1.807) is 0 Å². The fourth-order valence-electron chi connectivity index (χ4n) is 4.06. The van der Waals surface area contributed by atoms with Gasteiger partial charge in [-0.15, -0.1) is 0 Å². The zero-order chi connectivity index (χ0) is 17.7. The Morgan fingerprint density at radius 3 is 2.92 bits per heavy atom. The van der Waals surface area contributed by atoms with Gasteiger partial charge in [-0.3, -0.25) is 4.98 Å². The minimum absolute atomic E-state index is 0.0453. The second-order valence-corrected chi connectivity index (χ2v) is 7.00. The Labute approximate surface area is 149 Å². The first-order valence-electron chi connectivity index (χ1n) is 9.30. The lowest BCUT2D eigenvalue weighted by atomic mass is 9.57. The van der Waals surface area contributed by atoms with Crippen LogP contribution in [0.5, 0.6) is 0 Å². The number of rotatable bonds is 6. The average Bonchev–Trinajstić information content (AvgIpc) is 2.62. The van der Waals surface area contributed by atoms with Crippen LogP contribution >= 0.6 is 0 Å². The van der Waals surface area contributed by atoms with E-state index in [1.165, 1.54) is 0 Å². The van der Waals surface area contributed by atoms with Gasteiger partial charge in [-0.1, -0.05) is 6.07 Å². The summed E-state index contributed by atoms with van der Waals surface area (Å²) in [5, 5.41) is 6.11. The van der Waals surface area contributed by atoms with Gasteiger partial charge in [-0.25, -0.2) is 4.79 Å². The number of ether oxygens (including phenoxy) is 2. The molecule has 1 saturated carbocycles. The standard InChI is InChI=1S/C19H29N3O3/c1-3-25-17-13-16(19(17)8-11-24-12-9-19)22-18(23)20-10-7-15-6-4-5-14(2)21-15/h4-6,16-17H,3,7-13H2,1-2H3,(H2,20,22,23)/t16-,17+/m0/s1. The summed E-state index contributed by atoms with van der Waals surface area (Å²) in [6.45, 7) is 6.81. The van der Waals surface area contributed by atoms with Crippen LogP contribution in [0.4, 0.5) is 4.79 Å². The van der Waals surface area contributed by atoms with E-state index in [2.05, 4.69) is 15.6 Å². The quantitative estimate of drug-likeness (QED) is 0.827. The second-order valence-electron chi connectivity index (χ2n) is 7.00. The van der Waals surface area contributed by atoms with E-state index in [4.69, 9.17) is 9.47 Å². The van der Waals surface area contributed by atoms with E-state index in [1.807, 2.05) is 32.0 Å². The summed E-state index contributed by atoms with van der Waals surface area (Å²) >= 11 is 0. The van der Waals surface area contributed by atoms with Gasteiger partial charge in [0.1, 0.15) is 0 Å². The van der Waals surface area contributed by atoms with Gasteiger partial charge in [0.25, 0.3) is 0 Å². The molecule has 2 N–H and O–H groups in total. The summed E-state index contributed by atoms with van der Waals surface area (Å²) in [6, 6.07) is 6.03. The fraction of sp³-hybridized carbons (Fsp3) is 0.684. The molecule has 0 radical (unpaired) electrons. The summed E-state index contributed by atoms with van der Waals surface area (Å²) < 4.78 is 11.4. The fourth-order valence-corrected chi connectivity index (χ4v) is 4.06. The second kappa shape index (κ2) is 8.15. The molecule has 0 aromatic carbocycles. The number of aryl methyl sites for hydroxylation is 1. The number of aromatic nitrogens is 1. The van der Waals surface area contributed by atoms with Crippen molar-refractivity contribution in [3.63, 3.8) is 0 Å². The number of urea groups is 1. The third-order valence-electron chi connectivity index (χ3n) is 5.49. The molecular weight excluding hydrogens is 318 g/mol. The Bertz CT molecular complexity index is 587. The first-order valence-corrected chi connectivity index (χ1v) is 9.30. The van der Waals surface area contributed by atoms with E-state index < -0.39 is 0 Å². The topological polar surface area (TPSA) is 72.5 Å². The molecule has 2 amide bonds. The van der Waals surface area contributed by atoms with Gasteiger partial charge in [0.15, 0.2) is 0 Å². The lowest BCUT2D eigenvalue weighted by Crippen LogP contribution is -2.67. The van der Waals surface area contributed by atoms with Crippen molar-refractivity contribution in [1.82, 2.24) is 15.6 Å². The first-order chi connectivity index (χ1) is 12.1. The van der Waals surface area contributed by atoms with E-state index in [-0.39, 0.29) is 23.6 Å². The maximum absolute atomic E-state index is 12.3. The van der Waals surface area contributed by atoms with Crippen LogP contribution in [0.15, 0.2) is 18.2 Å². The highest BCUT2D eigenvalue weighted by atomic mass is 16.5. The highest BCUT2D eigenvalue weighted by Crippen LogP contribution is 2.50. The predicted octanol–water partition coefficient (Wildman–Crippen LogP) is 2.21. The first kappa shape index (κ1) is 18.1. The van der Waals surface area contributed by atoms with E-state index in [9.17, 15) is 4.79 Å². The van der Waals surface area contributed by atoms with Crippen molar-refractivity contribution in [2.45, 2.75) is 51.7 Å². The van der Waals surface area contributed by atoms with Crippen molar-refractivity contribution in [1.29, 1.82) is 0 Å². The van der Waals surface area contributed by atoms with E-state index in [0.717, 1.165) is 56.9 Å². The smallest absolute Gasteiger partial charge is 0.315 e. The third kappa shape index (κ3) is 4.12. The van der Waals surface area contributed by atoms with Crippen LogP contribution in [0.3, 0.4) is 0 Å². The molecule has 1 saturated heterocycles. The highest BCUT2D eigenvalue weighted by molar-refractivity contribution is 5.74. The van der Waals surface area contributed by atoms with Crippen molar-refractivity contribution >= 4 is 6.03 Å². The van der Waals surface area contributed by atoms with Crippen LogP contribution in [-0.2, 0) is 15.9 Å². The largest absolute Gasteiger partial charge is 0.381 e. The number of hydrogen-bond acceptors (Lipinski definition) is 4. The Morgan fingerprint density at radius 2 is 2.20 bits per heavy atom. The van der Waals surface area contributed by atoms with Crippen molar-refractivity contribution in [3.05, 3.63) is 29.6 Å². The van der Waals surface area contributed by atoms with Crippen LogP contribution < -0.4 is 10.6 Å². The van der Waals surface area contributed by atoms with Crippen LogP contribution in [0.1, 0.15) is 37.6 Å². The van der Waals surface area contributed by atoms with Crippen LogP contribution in [-0.4, -0.2) is 49.5 Å². The number of pyridine rings is 1. The average molecular weight is 347 g/mol. The molecule has 2 heterocycles. The molecular formula is C19H29N3O3. The molecule has 6 nitrogen and oxygen atoms in total. The summed E-state index contributed by atoms with van der Waals surface area (Å²) in [5.41, 5.74) is 2.05. The molecule has 2 aliphatic rings. The molecule has 1 aliphatic carbocycles. The zero-order valence-electron chi connectivity index (χ0n) is 15.2. The van der Waals surface area contributed by atoms with E-state index >= 15 is 0 Å². The van der Waals surface area contributed by atoms with Crippen molar-refractivity contribution in [3.8, 4) is 0 Å². The monoisotopic (exact) mass is 347 g/mol. The minimum Gasteiger partial charge on any atom is -0.381 e. The lowest BCUT2D eigenvalue weighted by molar-refractivity contribution is -0.169. The summed E-state index contributed by atoms with van der Waals surface area (Å²) in [4.78, 5) is 16.7. The van der Waals surface area contributed by atoms with Crippen LogP contribution in [0.2, 0.25) is 0 Å². The predicted molar refractivity (Wildman–Crippen MR) is 95.5 cm³/mol. The summed E-state index contributed by atoms with van der Waals surface area (Å²) in [6.07, 6.45) is 3.77. The maximum atomic E-state index is 12.3. The normalized spacial score (nSPS) is 24.6. The molecule has 2 atom stereocenters. The van der Waals surface area contributed by atoms with Crippen molar-refractivity contribution in [2.24, 2.45) is 5.41 Å². The number of hydrogen-bond donors (Lipinski definition) is 2. The Hall–Kier alpha value is -1.66. The summed E-state index contributed by atoms with van der Waals surface area (Å²) in [5.74, 6) is 0. The number of carbonyl (C=O) groups is 1. The number of nitrogens with zero attached hydrogens (tertiary/aromatic N) is 1. The molecule has 0 unspecified atom stereocenters. The molecule has 0 bridgehead atoms. The molecule has 1 aromatic rings. The molecule has 1 aliphatic heterocycles. The Balaban J connectivity index is 1.47. The SMILES string of the molecule is CCO[C@@H]1C[C@H](NC(=O)NCCc2cccc(C)n2)C12CCOCC2. The molecule has 1 spiro atoms. The molecule has 6 heteroatoms. The number of carbonyl (C=O) groups excluding carboxylic acids is 1. The van der Waals surface area contributed by atoms with Gasteiger partial charge in [0.05, 0.1) is 6.10 Å². The molecule has 138 valence electrons. The zero-order valence-corrected chi connectivity index (χ0v) is 15.2. The minimum atomic E-state index is -0.0986. The maximum Gasteiger partial charge on any atom is 0.315 e. The third-order valence-corrected chi connectivity index (χ3v) is 5.49. The van der Waals surface area contributed by atoms with Gasteiger partial charge in [0.2, 0.25) is 0 Å². The van der Waals surface area contributed by atoms with Gasteiger partial charge in [-0.2, -0.15) is 0 Å². The molecule has 25 heavy (non-hydrogen) atoms. The summed E-state index contributed by atoms with van der Waals surface area (Å²) in [7, 11) is 0. The lowest BCUT2D eigenvalue weighted by Gasteiger charge is -2.57. The Morgan fingerprint density at radius 1 is 1.40 bits per heavy atom. The van der Waals surface area contributed by atoms with Gasteiger partial charge in [0, 0.05) is 55.6 Å². The van der Waals surface area contributed by atoms with Crippen LogP contribution in [0, 0.1) is 12.3 Å². The Kier molecular flexibility index (Phi) is 5.91. The van der Waals surface area contributed by atoms with Gasteiger partial charge >= 0.3 is 6.03 Å². The highest BCUT2D eigenvalue weighted by Gasteiger charge is 2.56. The molecule has 2 fully saturated rings. The van der Waals surface area contributed by atoms with Crippen LogP contribution in [0.25, 0.3) is 0 Å². The van der Waals surface area contributed by atoms with Gasteiger partial charge in [-0.05, 0) is 45.2 Å². The molecule has 3 rings (SSSR count). The van der Waals surface area contributed by atoms with Crippen molar-refractivity contribution < 1.29 is 14.3 Å². The molecule has 1 aromatic heterocycles. The van der Waals surface area contributed by atoms with Crippen molar-refractivity contribution in [2.75, 3.05) is 26.4 Å². The van der Waals surface area contributed by atoms with E-state index in [0.29, 0.717) is 6.54 Å². The number of nitrogens with one attached hydrogen (secondary N) is 2. The number of amides is 2. The van der Waals surface area contributed by atoms with Gasteiger partial charge < -0.3 is 20.1 Å².